The molecule has 2 rings (SSSR count). The molecule has 0 saturated carbocycles. The van der Waals surface area contributed by atoms with E-state index in [2.05, 4.69) is 4.90 Å². The zero-order valence-corrected chi connectivity index (χ0v) is 11.7. The second-order valence-electron chi connectivity index (χ2n) is 5.52. The monoisotopic (exact) mass is 279 g/mol. The minimum atomic E-state index is -0.933. The number of hydrogen-bond donors (Lipinski definition) is 2. The van der Waals surface area contributed by atoms with Crippen LogP contribution in [0.25, 0.3) is 0 Å². The first kappa shape index (κ1) is 14.8. The fourth-order valence-corrected chi connectivity index (χ4v) is 2.24. The Hall–Kier alpha value is -1.59. The molecule has 1 aromatic carbocycles. The lowest BCUT2D eigenvalue weighted by atomic mass is 9.94. The lowest BCUT2D eigenvalue weighted by molar-refractivity contribution is -0.00768. The van der Waals surface area contributed by atoms with Gasteiger partial charge in [-0.25, -0.2) is 4.79 Å². The number of aliphatic hydroxyl groups is 1. The van der Waals surface area contributed by atoms with Gasteiger partial charge < -0.3 is 14.9 Å². The highest BCUT2D eigenvalue weighted by molar-refractivity contribution is 5.87. The zero-order chi connectivity index (χ0) is 14.6. The molecular weight excluding hydrogens is 258 g/mol. The van der Waals surface area contributed by atoms with Gasteiger partial charge in [0, 0.05) is 19.6 Å². The van der Waals surface area contributed by atoms with Crippen molar-refractivity contribution in [3.63, 3.8) is 0 Å². The molecule has 0 aromatic heterocycles. The molecule has 1 aliphatic rings. The van der Waals surface area contributed by atoms with Crippen LogP contribution in [0.2, 0.25) is 0 Å². The van der Waals surface area contributed by atoms with Crippen LogP contribution in [-0.4, -0.2) is 52.9 Å². The number of carboxylic acid groups (broad SMARTS) is 1. The number of benzene rings is 1. The van der Waals surface area contributed by atoms with Gasteiger partial charge in [-0.3, -0.25) is 4.90 Å². The summed E-state index contributed by atoms with van der Waals surface area (Å²) < 4.78 is 5.60. The van der Waals surface area contributed by atoms with Crippen LogP contribution in [0.3, 0.4) is 0 Å². The normalized spacial score (nSPS) is 18.7. The molecule has 0 spiro atoms. The van der Waals surface area contributed by atoms with Crippen LogP contribution in [0.1, 0.15) is 30.1 Å². The van der Waals surface area contributed by atoms with Crippen molar-refractivity contribution in [1.29, 1.82) is 0 Å². The van der Waals surface area contributed by atoms with Crippen LogP contribution in [-0.2, 0) is 0 Å². The molecule has 1 saturated heterocycles. The maximum atomic E-state index is 10.7. The van der Waals surface area contributed by atoms with Crippen LogP contribution in [0.5, 0.6) is 5.75 Å². The van der Waals surface area contributed by atoms with E-state index in [4.69, 9.17) is 9.84 Å². The SMILES string of the molecule is CC1(O)CCN(CCOc2ccc(C(=O)O)cc2)CC1. The molecule has 1 aliphatic heterocycles. The minimum absolute atomic E-state index is 0.260. The van der Waals surface area contributed by atoms with Gasteiger partial charge in [0.2, 0.25) is 0 Å². The van der Waals surface area contributed by atoms with Gasteiger partial charge in [0.1, 0.15) is 12.4 Å². The highest BCUT2D eigenvalue weighted by Gasteiger charge is 2.26. The van der Waals surface area contributed by atoms with Crippen LogP contribution in [0.4, 0.5) is 0 Å². The summed E-state index contributed by atoms with van der Waals surface area (Å²) in [7, 11) is 0. The Morgan fingerprint density at radius 3 is 2.45 bits per heavy atom. The summed E-state index contributed by atoms with van der Waals surface area (Å²) in [5.41, 5.74) is -0.264. The summed E-state index contributed by atoms with van der Waals surface area (Å²) in [5, 5.41) is 18.7. The van der Waals surface area contributed by atoms with Crippen LogP contribution < -0.4 is 4.74 Å². The van der Waals surface area contributed by atoms with Crippen LogP contribution in [0, 0.1) is 0 Å². The number of carbonyl (C=O) groups is 1. The van der Waals surface area contributed by atoms with Crippen molar-refractivity contribution in [2.75, 3.05) is 26.2 Å². The Morgan fingerprint density at radius 1 is 1.30 bits per heavy atom. The number of rotatable bonds is 5. The molecular formula is C15H21NO4. The van der Waals surface area contributed by atoms with E-state index in [1.165, 1.54) is 12.1 Å². The van der Waals surface area contributed by atoms with Crippen molar-refractivity contribution >= 4 is 5.97 Å². The fourth-order valence-electron chi connectivity index (χ4n) is 2.24. The van der Waals surface area contributed by atoms with E-state index in [1.54, 1.807) is 12.1 Å². The van der Waals surface area contributed by atoms with Crippen molar-refractivity contribution < 1.29 is 19.7 Å². The molecule has 2 N–H and O–H groups in total. The average molecular weight is 279 g/mol. The highest BCUT2D eigenvalue weighted by atomic mass is 16.5. The van der Waals surface area contributed by atoms with E-state index >= 15 is 0 Å². The Kier molecular flexibility index (Phi) is 4.62. The second-order valence-corrected chi connectivity index (χ2v) is 5.52. The lowest BCUT2D eigenvalue weighted by Crippen LogP contribution is -2.43. The fraction of sp³-hybridized carbons (Fsp3) is 0.533. The molecule has 0 radical (unpaired) electrons. The van der Waals surface area contributed by atoms with Gasteiger partial charge in [-0.2, -0.15) is 0 Å². The van der Waals surface area contributed by atoms with E-state index < -0.39 is 11.6 Å². The smallest absolute Gasteiger partial charge is 0.335 e. The minimum Gasteiger partial charge on any atom is -0.492 e. The Morgan fingerprint density at radius 2 is 1.90 bits per heavy atom. The van der Waals surface area contributed by atoms with Gasteiger partial charge in [-0.1, -0.05) is 0 Å². The summed E-state index contributed by atoms with van der Waals surface area (Å²) in [6.45, 7) is 5.03. The van der Waals surface area contributed by atoms with Gasteiger partial charge in [0.05, 0.1) is 11.2 Å². The number of likely N-dealkylation sites (tertiary alicyclic amines) is 1. The third-order valence-corrected chi connectivity index (χ3v) is 3.71. The molecule has 0 bridgehead atoms. The van der Waals surface area contributed by atoms with Gasteiger partial charge in [0.15, 0.2) is 0 Å². The Labute approximate surface area is 118 Å². The van der Waals surface area contributed by atoms with E-state index in [0.717, 1.165) is 32.5 Å². The molecule has 0 amide bonds. The summed E-state index contributed by atoms with van der Waals surface area (Å²) in [5.74, 6) is -0.254. The third-order valence-electron chi connectivity index (χ3n) is 3.71. The van der Waals surface area contributed by atoms with Gasteiger partial charge in [-0.05, 0) is 44.0 Å². The molecule has 5 heteroatoms. The predicted octanol–water partition coefficient (Wildman–Crippen LogP) is 1.61. The molecule has 20 heavy (non-hydrogen) atoms. The molecule has 0 unspecified atom stereocenters. The first-order valence-electron chi connectivity index (χ1n) is 6.87. The number of nitrogens with zero attached hydrogens (tertiary/aromatic N) is 1. The summed E-state index contributed by atoms with van der Waals surface area (Å²) in [6.07, 6.45) is 1.58. The predicted molar refractivity (Wildman–Crippen MR) is 75.2 cm³/mol. The van der Waals surface area contributed by atoms with Gasteiger partial charge >= 0.3 is 5.97 Å². The van der Waals surface area contributed by atoms with Crippen molar-refractivity contribution in [2.24, 2.45) is 0 Å². The third kappa shape index (κ3) is 4.21. The standard InChI is InChI=1S/C15H21NO4/c1-15(19)6-8-16(9-7-15)10-11-20-13-4-2-12(3-5-13)14(17)18/h2-5,19H,6-11H2,1H3,(H,17,18). The highest BCUT2D eigenvalue weighted by Crippen LogP contribution is 2.20. The summed E-state index contributed by atoms with van der Waals surface area (Å²) in [4.78, 5) is 13.0. The molecule has 5 nitrogen and oxygen atoms in total. The van der Waals surface area contributed by atoms with Crippen molar-refractivity contribution in [1.82, 2.24) is 4.90 Å². The molecule has 1 fully saturated rings. The summed E-state index contributed by atoms with van der Waals surface area (Å²) in [6, 6.07) is 6.42. The maximum absolute atomic E-state index is 10.7. The first-order chi connectivity index (χ1) is 9.46. The van der Waals surface area contributed by atoms with Crippen molar-refractivity contribution in [2.45, 2.75) is 25.4 Å². The first-order valence-corrected chi connectivity index (χ1v) is 6.87. The van der Waals surface area contributed by atoms with E-state index in [9.17, 15) is 9.90 Å². The number of piperidine rings is 1. The average Bonchev–Trinajstić information content (AvgIpc) is 2.41. The number of hydrogen-bond acceptors (Lipinski definition) is 4. The Bertz CT molecular complexity index is 445. The largest absolute Gasteiger partial charge is 0.492 e. The van der Waals surface area contributed by atoms with Gasteiger partial charge in [-0.15, -0.1) is 0 Å². The van der Waals surface area contributed by atoms with E-state index in [0.29, 0.717) is 12.4 Å². The van der Waals surface area contributed by atoms with E-state index in [1.807, 2.05) is 6.92 Å². The van der Waals surface area contributed by atoms with Crippen molar-refractivity contribution in [3.05, 3.63) is 29.8 Å². The van der Waals surface area contributed by atoms with Crippen LogP contribution in [0.15, 0.2) is 24.3 Å². The van der Waals surface area contributed by atoms with Gasteiger partial charge in [0.25, 0.3) is 0 Å². The topological polar surface area (TPSA) is 70.0 Å². The maximum Gasteiger partial charge on any atom is 0.335 e. The molecule has 1 heterocycles. The van der Waals surface area contributed by atoms with E-state index in [-0.39, 0.29) is 5.56 Å². The van der Waals surface area contributed by atoms with Crippen molar-refractivity contribution in [3.8, 4) is 5.75 Å². The zero-order valence-electron chi connectivity index (χ0n) is 11.7. The second kappa shape index (κ2) is 6.24. The quantitative estimate of drug-likeness (QED) is 0.857. The molecule has 0 atom stereocenters. The Balaban J connectivity index is 1.72. The molecule has 110 valence electrons. The number of ether oxygens (including phenoxy) is 1. The number of aromatic carboxylic acids is 1. The number of carboxylic acids is 1. The van der Waals surface area contributed by atoms with Crippen LogP contribution >= 0.6 is 0 Å². The lowest BCUT2D eigenvalue weighted by Gasteiger charge is -2.35. The molecule has 1 aromatic rings. The molecule has 0 aliphatic carbocycles. The summed E-state index contributed by atoms with van der Waals surface area (Å²) >= 11 is 0.